The Bertz CT molecular complexity index is 405. The molecule has 1 fully saturated rings. The van der Waals surface area contributed by atoms with Crippen molar-refractivity contribution >= 4 is 27.5 Å². The average molecular weight is 324 g/mol. The maximum absolute atomic E-state index is 11.7. The number of unbranched alkanes of at least 4 members (excludes halogenated alkanes) is 1. The molecule has 2 nitrogen and oxygen atoms in total. The fraction of sp³-hybridized carbons (Fsp3) is 0.588. The minimum absolute atomic E-state index is 0.219. The minimum Gasteiger partial charge on any atom is -0.356 e. The summed E-state index contributed by atoms with van der Waals surface area (Å²) in [5.41, 5.74) is 1.35. The van der Waals surface area contributed by atoms with Crippen molar-refractivity contribution in [2.75, 3.05) is 12.3 Å². The fourth-order valence-corrected chi connectivity index (χ4v) is 5.50. The van der Waals surface area contributed by atoms with E-state index < -0.39 is 0 Å². The van der Waals surface area contributed by atoms with E-state index >= 15 is 0 Å². The normalized spacial score (nSPS) is 17.8. The molecule has 21 heavy (non-hydrogen) atoms. The summed E-state index contributed by atoms with van der Waals surface area (Å²) < 4.78 is 0. The lowest BCUT2D eigenvalue weighted by atomic mass is 10.1. The molecule has 1 amide bonds. The third-order valence-corrected chi connectivity index (χ3v) is 6.72. The number of nitrogens with one attached hydrogen (secondary N) is 1. The van der Waals surface area contributed by atoms with Crippen molar-refractivity contribution in [1.82, 2.24) is 5.32 Å². The zero-order chi connectivity index (χ0) is 14.8. The molecule has 1 aliphatic heterocycles. The molecule has 1 aromatic carbocycles. The van der Waals surface area contributed by atoms with Gasteiger partial charge >= 0.3 is 0 Å². The molecule has 0 aromatic heterocycles. The van der Waals surface area contributed by atoms with Crippen LogP contribution in [0.1, 0.15) is 44.1 Å². The van der Waals surface area contributed by atoms with Crippen LogP contribution in [0.2, 0.25) is 0 Å². The monoisotopic (exact) mass is 323 g/mol. The second-order valence-electron chi connectivity index (χ2n) is 5.51. The molecule has 1 N–H and O–H groups in total. The van der Waals surface area contributed by atoms with Gasteiger partial charge < -0.3 is 5.32 Å². The zero-order valence-corrected chi connectivity index (χ0v) is 14.2. The summed E-state index contributed by atoms with van der Waals surface area (Å²) in [5, 5.41) is 3.87. The van der Waals surface area contributed by atoms with E-state index in [1.807, 2.05) is 27.7 Å². The molecule has 1 aromatic rings. The zero-order valence-electron chi connectivity index (χ0n) is 12.6. The number of aryl methyl sites for hydroxylation is 1. The summed E-state index contributed by atoms with van der Waals surface area (Å²) in [6, 6.07) is 10.4. The maximum atomic E-state index is 11.7. The summed E-state index contributed by atoms with van der Waals surface area (Å²) in [7, 11) is 4.03. The van der Waals surface area contributed by atoms with Gasteiger partial charge in [0.1, 0.15) is 0 Å². The number of hydrogen-bond donors (Lipinski definition) is 1. The summed E-state index contributed by atoms with van der Waals surface area (Å²) in [4.78, 5) is 11.7. The molecule has 1 atom stereocenters. The predicted molar refractivity (Wildman–Crippen MR) is 94.7 cm³/mol. The van der Waals surface area contributed by atoms with Crippen molar-refractivity contribution in [2.24, 2.45) is 0 Å². The van der Waals surface area contributed by atoms with Crippen LogP contribution in [-0.2, 0) is 11.2 Å². The molecule has 1 heterocycles. The van der Waals surface area contributed by atoms with E-state index in [-0.39, 0.29) is 5.91 Å². The third-order valence-electron chi connectivity index (χ3n) is 3.71. The van der Waals surface area contributed by atoms with Gasteiger partial charge in [0.2, 0.25) is 5.91 Å². The third kappa shape index (κ3) is 7.28. The second-order valence-corrected chi connectivity index (χ2v) is 8.30. The first kappa shape index (κ1) is 16.8. The number of amides is 1. The van der Waals surface area contributed by atoms with Crippen LogP contribution in [0.5, 0.6) is 0 Å². The molecule has 0 radical (unpaired) electrons. The minimum atomic E-state index is 0.219. The molecule has 0 saturated carbocycles. The number of hydrogen-bond acceptors (Lipinski definition) is 3. The largest absolute Gasteiger partial charge is 0.356 e. The molecular weight excluding hydrogens is 298 g/mol. The van der Waals surface area contributed by atoms with E-state index in [0.29, 0.717) is 6.42 Å². The highest BCUT2D eigenvalue weighted by Crippen LogP contribution is 2.39. The Balaban J connectivity index is 1.44. The van der Waals surface area contributed by atoms with Crippen LogP contribution in [0, 0.1) is 0 Å². The van der Waals surface area contributed by atoms with Gasteiger partial charge in [0, 0.05) is 24.0 Å². The van der Waals surface area contributed by atoms with Crippen LogP contribution in [0.3, 0.4) is 0 Å². The van der Waals surface area contributed by atoms with E-state index in [0.717, 1.165) is 31.1 Å². The van der Waals surface area contributed by atoms with Crippen molar-refractivity contribution in [3.63, 3.8) is 0 Å². The molecule has 1 unspecified atom stereocenters. The molecule has 116 valence electrons. The highest BCUT2D eigenvalue weighted by molar-refractivity contribution is 8.77. The van der Waals surface area contributed by atoms with E-state index in [2.05, 4.69) is 29.6 Å². The summed E-state index contributed by atoms with van der Waals surface area (Å²) in [6.07, 6.45) is 7.60. The lowest BCUT2D eigenvalue weighted by Crippen LogP contribution is -2.24. The van der Waals surface area contributed by atoms with E-state index in [4.69, 9.17) is 0 Å². The van der Waals surface area contributed by atoms with Gasteiger partial charge in [-0.1, -0.05) is 58.3 Å². The van der Waals surface area contributed by atoms with E-state index in [1.165, 1.54) is 30.6 Å². The first-order valence-electron chi connectivity index (χ1n) is 7.93. The predicted octanol–water partition coefficient (Wildman–Crippen LogP) is 4.45. The highest BCUT2D eigenvalue weighted by Gasteiger charge is 2.15. The Kier molecular flexibility index (Phi) is 8.12. The number of benzene rings is 1. The van der Waals surface area contributed by atoms with Crippen molar-refractivity contribution < 1.29 is 4.79 Å². The topological polar surface area (TPSA) is 29.1 Å². The van der Waals surface area contributed by atoms with Crippen LogP contribution >= 0.6 is 21.6 Å². The molecule has 1 saturated heterocycles. The molecular formula is C17H25NOS2. The number of carbonyl (C=O) groups excluding carboxylic acids is 1. The van der Waals surface area contributed by atoms with Crippen LogP contribution in [0.25, 0.3) is 0 Å². The molecule has 0 bridgehead atoms. The Labute approximate surface area is 136 Å². The second kappa shape index (κ2) is 10.2. The summed E-state index contributed by atoms with van der Waals surface area (Å²) in [5.74, 6) is 1.52. The standard InChI is InChI=1S/C17H25NOS2/c19-17(11-5-4-10-16-12-14-20-21-16)18-13-6-9-15-7-2-1-3-8-15/h1-3,7-8,16H,4-6,9-14H2,(H,18,19). The van der Waals surface area contributed by atoms with Crippen molar-refractivity contribution in [2.45, 2.75) is 50.2 Å². The van der Waals surface area contributed by atoms with Gasteiger partial charge in [-0.15, -0.1) is 0 Å². The molecule has 0 spiro atoms. The van der Waals surface area contributed by atoms with Gasteiger partial charge in [-0.25, -0.2) is 0 Å². The molecule has 0 aliphatic carbocycles. The summed E-state index contributed by atoms with van der Waals surface area (Å²) in [6.45, 7) is 0.794. The SMILES string of the molecule is O=C(CCCCC1CCSS1)NCCCc1ccccc1. The first-order chi connectivity index (χ1) is 10.3. The van der Waals surface area contributed by atoms with Crippen molar-refractivity contribution in [1.29, 1.82) is 0 Å². The van der Waals surface area contributed by atoms with Gasteiger partial charge in [-0.3, -0.25) is 4.79 Å². The van der Waals surface area contributed by atoms with Gasteiger partial charge in [-0.05, 0) is 37.7 Å². The highest BCUT2D eigenvalue weighted by atomic mass is 33.1. The van der Waals surface area contributed by atoms with Crippen LogP contribution in [-0.4, -0.2) is 23.5 Å². The fourth-order valence-electron chi connectivity index (χ4n) is 2.48. The van der Waals surface area contributed by atoms with Gasteiger partial charge in [0.05, 0.1) is 0 Å². The Hall–Kier alpha value is -0.610. The quantitative estimate of drug-likeness (QED) is 0.538. The summed E-state index contributed by atoms with van der Waals surface area (Å²) >= 11 is 0. The Morgan fingerprint density at radius 2 is 2.05 bits per heavy atom. The molecule has 2 rings (SSSR count). The van der Waals surface area contributed by atoms with Crippen molar-refractivity contribution in [3.05, 3.63) is 35.9 Å². The van der Waals surface area contributed by atoms with Gasteiger partial charge in [0.15, 0.2) is 0 Å². The first-order valence-corrected chi connectivity index (χ1v) is 10.3. The van der Waals surface area contributed by atoms with E-state index in [9.17, 15) is 4.79 Å². The lowest BCUT2D eigenvalue weighted by Gasteiger charge is -2.07. The lowest BCUT2D eigenvalue weighted by molar-refractivity contribution is -0.121. The van der Waals surface area contributed by atoms with Crippen molar-refractivity contribution in [3.8, 4) is 0 Å². The van der Waals surface area contributed by atoms with Crippen LogP contribution in [0.4, 0.5) is 0 Å². The molecule has 4 heteroatoms. The van der Waals surface area contributed by atoms with Gasteiger partial charge in [-0.2, -0.15) is 0 Å². The number of carbonyl (C=O) groups is 1. The average Bonchev–Trinajstić information content (AvgIpc) is 3.02. The number of rotatable bonds is 9. The Morgan fingerprint density at radius 1 is 1.19 bits per heavy atom. The van der Waals surface area contributed by atoms with Gasteiger partial charge in [0.25, 0.3) is 0 Å². The van der Waals surface area contributed by atoms with Crippen LogP contribution < -0.4 is 5.32 Å². The maximum Gasteiger partial charge on any atom is 0.219 e. The smallest absolute Gasteiger partial charge is 0.219 e. The van der Waals surface area contributed by atoms with Crippen LogP contribution in [0.15, 0.2) is 30.3 Å². The van der Waals surface area contributed by atoms with E-state index in [1.54, 1.807) is 0 Å². The Morgan fingerprint density at radius 3 is 2.81 bits per heavy atom. The molecule has 1 aliphatic rings.